The summed E-state index contributed by atoms with van der Waals surface area (Å²) < 4.78 is 5.08. The summed E-state index contributed by atoms with van der Waals surface area (Å²) >= 11 is 0. The number of ketones is 3. The smallest absolute Gasteiger partial charge is 0.177 e. The largest absolute Gasteiger partial charge is 0.497 e. The van der Waals surface area contributed by atoms with E-state index in [9.17, 15) is 14.4 Å². The minimum Gasteiger partial charge on any atom is -0.497 e. The van der Waals surface area contributed by atoms with Crippen LogP contribution in [-0.2, 0) is 0 Å². The van der Waals surface area contributed by atoms with Crippen molar-refractivity contribution in [3.05, 3.63) is 65.2 Å². The van der Waals surface area contributed by atoms with Crippen molar-refractivity contribution in [3.63, 3.8) is 0 Å². The van der Waals surface area contributed by atoms with Gasteiger partial charge < -0.3 is 4.74 Å². The highest BCUT2D eigenvalue weighted by atomic mass is 16.5. The molecule has 0 heterocycles. The Labute approximate surface area is 139 Å². The molecule has 120 valence electrons. The molecule has 1 spiro atoms. The number of methoxy groups -OCH3 is 1. The molecule has 4 nitrogen and oxygen atoms in total. The number of Topliss-reactive ketones (excluding diaryl/α,β-unsaturated/α-hetero) is 3. The molecule has 2 aliphatic carbocycles. The van der Waals surface area contributed by atoms with Crippen molar-refractivity contribution in [2.75, 3.05) is 7.11 Å². The minimum atomic E-state index is -0.980. The molecule has 2 aromatic carbocycles. The average molecular weight is 320 g/mol. The number of hydrogen-bond donors (Lipinski definition) is 0. The Kier molecular flexibility index (Phi) is 3.17. The number of rotatable bonds is 4. The predicted octanol–water partition coefficient (Wildman–Crippen LogP) is 3.35. The van der Waals surface area contributed by atoms with Gasteiger partial charge in [0.2, 0.25) is 0 Å². The molecule has 0 N–H and O–H groups in total. The van der Waals surface area contributed by atoms with E-state index in [1.807, 2.05) is 0 Å². The van der Waals surface area contributed by atoms with E-state index >= 15 is 0 Å². The molecule has 0 radical (unpaired) electrons. The van der Waals surface area contributed by atoms with Gasteiger partial charge in [0.05, 0.1) is 7.11 Å². The lowest BCUT2D eigenvalue weighted by atomic mass is 9.94. The van der Waals surface area contributed by atoms with E-state index in [2.05, 4.69) is 0 Å². The highest BCUT2D eigenvalue weighted by Gasteiger charge is 2.68. The van der Waals surface area contributed by atoms with Gasteiger partial charge in [0.1, 0.15) is 11.2 Å². The fourth-order valence-corrected chi connectivity index (χ4v) is 3.71. The van der Waals surface area contributed by atoms with Gasteiger partial charge in [-0.1, -0.05) is 24.3 Å². The zero-order valence-corrected chi connectivity index (χ0v) is 13.2. The average Bonchev–Trinajstić information content (AvgIpc) is 3.30. The topological polar surface area (TPSA) is 60.4 Å². The van der Waals surface area contributed by atoms with E-state index in [1.54, 1.807) is 55.6 Å². The van der Waals surface area contributed by atoms with E-state index in [-0.39, 0.29) is 29.7 Å². The summed E-state index contributed by atoms with van der Waals surface area (Å²) in [6, 6.07) is 13.8. The fraction of sp³-hybridized carbons (Fsp3) is 0.250. The Morgan fingerprint density at radius 1 is 1.04 bits per heavy atom. The Morgan fingerprint density at radius 2 is 1.62 bits per heavy atom. The summed E-state index contributed by atoms with van der Waals surface area (Å²) in [4.78, 5) is 37.8. The van der Waals surface area contributed by atoms with Crippen molar-refractivity contribution < 1.29 is 19.1 Å². The molecule has 2 aliphatic rings. The molecule has 1 atom stereocenters. The van der Waals surface area contributed by atoms with Crippen LogP contribution in [0.15, 0.2) is 48.5 Å². The molecular formula is C20H16O4. The van der Waals surface area contributed by atoms with Gasteiger partial charge >= 0.3 is 0 Å². The maximum atomic E-state index is 12.7. The van der Waals surface area contributed by atoms with Crippen LogP contribution in [0.2, 0.25) is 0 Å². The van der Waals surface area contributed by atoms with Crippen LogP contribution >= 0.6 is 0 Å². The second-order valence-corrected chi connectivity index (χ2v) is 6.43. The third-order valence-electron chi connectivity index (χ3n) is 5.18. The quantitative estimate of drug-likeness (QED) is 0.640. The van der Waals surface area contributed by atoms with Crippen LogP contribution in [0.3, 0.4) is 0 Å². The lowest BCUT2D eigenvalue weighted by Crippen LogP contribution is -2.20. The molecule has 1 fully saturated rings. The van der Waals surface area contributed by atoms with E-state index < -0.39 is 5.41 Å². The minimum absolute atomic E-state index is 0.0453. The van der Waals surface area contributed by atoms with Gasteiger partial charge in [0.25, 0.3) is 0 Å². The highest BCUT2D eigenvalue weighted by molar-refractivity contribution is 6.31. The zero-order chi connectivity index (χ0) is 16.9. The van der Waals surface area contributed by atoms with Crippen LogP contribution in [0.4, 0.5) is 0 Å². The van der Waals surface area contributed by atoms with Crippen molar-refractivity contribution in [2.24, 2.45) is 11.3 Å². The predicted molar refractivity (Wildman–Crippen MR) is 87.6 cm³/mol. The standard InChI is InChI=1S/C20H16O4/c1-24-14-8-6-12(7-9-14)17(21)10-13-11-20(13)18(22)15-4-2-3-5-16(15)19(20)23/h2-9,13H,10-11H2,1H3. The Hall–Kier alpha value is -2.75. The van der Waals surface area contributed by atoms with Crippen molar-refractivity contribution in [3.8, 4) is 5.75 Å². The number of carbonyl (C=O) groups excluding carboxylic acids is 3. The van der Waals surface area contributed by atoms with E-state index in [1.165, 1.54) is 0 Å². The summed E-state index contributed by atoms with van der Waals surface area (Å²) in [5, 5.41) is 0. The molecule has 1 saturated carbocycles. The van der Waals surface area contributed by atoms with Gasteiger partial charge in [-0.05, 0) is 36.6 Å². The van der Waals surface area contributed by atoms with Gasteiger partial charge in [-0.3, -0.25) is 14.4 Å². The monoisotopic (exact) mass is 320 g/mol. The van der Waals surface area contributed by atoms with Crippen LogP contribution in [0.1, 0.15) is 43.9 Å². The molecular weight excluding hydrogens is 304 g/mol. The molecule has 2 aromatic rings. The van der Waals surface area contributed by atoms with Crippen molar-refractivity contribution in [1.29, 1.82) is 0 Å². The Bertz CT molecular complexity index is 828. The number of benzene rings is 2. The first-order chi connectivity index (χ1) is 11.6. The second kappa shape index (κ2) is 5.13. The van der Waals surface area contributed by atoms with E-state index in [4.69, 9.17) is 4.74 Å². The lowest BCUT2D eigenvalue weighted by Gasteiger charge is -2.06. The van der Waals surface area contributed by atoms with Gasteiger partial charge in [-0.15, -0.1) is 0 Å². The van der Waals surface area contributed by atoms with Gasteiger partial charge in [0, 0.05) is 23.1 Å². The van der Waals surface area contributed by atoms with Crippen LogP contribution in [0, 0.1) is 11.3 Å². The molecule has 0 aromatic heterocycles. The molecule has 0 amide bonds. The van der Waals surface area contributed by atoms with Crippen LogP contribution in [0.25, 0.3) is 0 Å². The zero-order valence-electron chi connectivity index (χ0n) is 13.2. The summed E-state index contributed by atoms with van der Waals surface area (Å²) in [7, 11) is 1.57. The maximum absolute atomic E-state index is 12.7. The first kappa shape index (κ1) is 14.8. The van der Waals surface area contributed by atoms with Crippen molar-refractivity contribution in [1.82, 2.24) is 0 Å². The number of hydrogen-bond acceptors (Lipinski definition) is 4. The molecule has 4 heteroatoms. The van der Waals surface area contributed by atoms with Gasteiger partial charge in [0.15, 0.2) is 17.3 Å². The van der Waals surface area contributed by atoms with Crippen molar-refractivity contribution in [2.45, 2.75) is 12.8 Å². The van der Waals surface area contributed by atoms with E-state index in [0.717, 1.165) is 0 Å². The van der Waals surface area contributed by atoms with Crippen molar-refractivity contribution >= 4 is 17.3 Å². The number of fused-ring (bicyclic) bond motifs is 1. The Balaban J connectivity index is 1.53. The fourth-order valence-electron chi connectivity index (χ4n) is 3.71. The van der Waals surface area contributed by atoms with Gasteiger partial charge in [-0.2, -0.15) is 0 Å². The second-order valence-electron chi connectivity index (χ2n) is 6.43. The molecule has 1 unspecified atom stereocenters. The summed E-state index contributed by atoms with van der Waals surface area (Å²) in [6.07, 6.45) is 0.693. The van der Waals surface area contributed by atoms with Gasteiger partial charge in [-0.25, -0.2) is 0 Å². The Morgan fingerprint density at radius 3 is 2.17 bits per heavy atom. The van der Waals surface area contributed by atoms with Crippen LogP contribution in [-0.4, -0.2) is 24.5 Å². The highest BCUT2D eigenvalue weighted by Crippen LogP contribution is 2.61. The lowest BCUT2D eigenvalue weighted by molar-refractivity contribution is 0.0795. The first-order valence-corrected chi connectivity index (χ1v) is 7.94. The summed E-state index contributed by atoms with van der Waals surface area (Å²) in [5.41, 5.74) is 0.600. The summed E-state index contributed by atoms with van der Waals surface area (Å²) in [6.45, 7) is 0. The SMILES string of the molecule is COc1ccc(C(=O)CC2CC23C(=O)c2ccccc2C3=O)cc1. The van der Waals surface area contributed by atoms with Crippen LogP contribution in [0.5, 0.6) is 5.75 Å². The first-order valence-electron chi connectivity index (χ1n) is 7.94. The third-order valence-corrected chi connectivity index (χ3v) is 5.18. The van der Waals surface area contributed by atoms with Crippen LogP contribution < -0.4 is 4.74 Å². The summed E-state index contributed by atoms with van der Waals surface area (Å²) in [5.74, 6) is 0.216. The molecule has 24 heavy (non-hydrogen) atoms. The third kappa shape index (κ3) is 1.96. The molecule has 0 saturated heterocycles. The number of ether oxygens (including phenoxy) is 1. The van der Waals surface area contributed by atoms with E-state index in [0.29, 0.717) is 28.9 Å². The maximum Gasteiger partial charge on any atom is 0.177 e. The molecule has 0 aliphatic heterocycles. The molecule has 0 bridgehead atoms. The molecule has 4 rings (SSSR count). The normalized spacial score (nSPS) is 20.1. The number of carbonyl (C=O) groups is 3.